The Morgan fingerprint density at radius 3 is 2.71 bits per heavy atom. The Hall–Kier alpha value is -0.910. The number of nitrogens with one attached hydrogen (secondary N) is 1. The number of benzene rings is 1. The molecule has 0 fully saturated rings. The van der Waals surface area contributed by atoms with E-state index in [1.807, 2.05) is 32.2 Å². The summed E-state index contributed by atoms with van der Waals surface area (Å²) >= 11 is 7.10. The van der Waals surface area contributed by atoms with Gasteiger partial charge in [-0.1, -0.05) is 22.0 Å². The van der Waals surface area contributed by atoms with Crippen molar-refractivity contribution in [3.8, 4) is 5.75 Å². The minimum Gasteiger partial charge on any atom is -0.489 e. The summed E-state index contributed by atoms with van der Waals surface area (Å²) in [5.74, 6) is 0.895. The summed E-state index contributed by atoms with van der Waals surface area (Å²) in [7, 11) is 0. The molecule has 0 saturated heterocycles. The minimum absolute atomic E-state index is 0.138. The van der Waals surface area contributed by atoms with Crippen molar-refractivity contribution in [2.24, 2.45) is 0 Å². The van der Waals surface area contributed by atoms with Gasteiger partial charge in [0.25, 0.3) is 0 Å². The van der Waals surface area contributed by atoms with Crippen LogP contribution in [0.25, 0.3) is 0 Å². The maximum absolute atomic E-state index is 5.91. The van der Waals surface area contributed by atoms with Crippen molar-refractivity contribution in [1.82, 2.24) is 10.3 Å². The SMILES string of the molecule is CC(C)Oc1c(Br)cc(Br)cc1CNCc1cccnc1. The average molecular weight is 414 g/mol. The van der Waals surface area contributed by atoms with Crippen LogP contribution in [0.1, 0.15) is 25.0 Å². The van der Waals surface area contributed by atoms with E-state index in [4.69, 9.17) is 4.74 Å². The summed E-state index contributed by atoms with van der Waals surface area (Å²) in [4.78, 5) is 4.12. The van der Waals surface area contributed by atoms with Crippen LogP contribution in [0.5, 0.6) is 5.75 Å². The number of rotatable bonds is 6. The van der Waals surface area contributed by atoms with Gasteiger partial charge in [0, 0.05) is 35.5 Å². The molecular formula is C16H18Br2N2O. The first-order chi connectivity index (χ1) is 10.1. The van der Waals surface area contributed by atoms with Crippen LogP contribution in [-0.2, 0) is 13.1 Å². The number of hydrogen-bond donors (Lipinski definition) is 1. The first kappa shape index (κ1) is 16.5. The van der Waals surface area contributed by atoms with Crippen LogP contribution in [0.3, 0.4) is 0 Å². The van der Waals surface area contributed by atoms with Crippen LogP contribution in [0.15, 0.2) is 45.6 Å². The zero-order valence-electron chi connectivity index (χ0n) is 12.1. The van der Waals surface area contributed by atoms with Gasteiger partial charge in [0.2, 0.25) is 0 Å². The van der Waals surface area contributed by atoms with Crippen LogP contribution in [0.4, 0.5) is 0 Å². The lowest BCUT2D eigenvalue weighted by Gasteiger charge is -2.17. The monoisotopic (exact) mass is 412 g/mol. The van der Waals surface area contributed by atoms with E-state index < -0.39 is 0 Å². The predicted molar refractivity (Wildman–Crippen MR) is 92.4 cm³/mol. The van der Waals surface area contributed by atoms with Gasteiger partial charge in [0.05, 0.1) is 10.6 Å². The molecule has 0 aliphatic carbocycles. The standard InChI is InChI=1S/C16H18Br2N2O/c1-11(2)21-16-13(6-14(17)7-15(16)18)10-20-9-12-4-3-5-19-8-12/h3-8,11,20H,9-10H2,1-2H3. The maximum Gasteiger partial charge on any atom is 0.138 e. The highest BCUT2D eigenvalue weighted by atomic mass is 79.9. The molecule has 112 valence electrons. The smallest absolute Gasteiger partial charge is 0.138 e. The van der Waals surface area contributed by atoms with E-state index in [0.717, 1.165) is 38.9 Å². The minimum atomic E-state index is 0.138. The second kappa shape index (κ2) is 7.92. The normalized spacial score (nSPS) is 10.9. The molecule has 0 saturated carbocycles. The number of halogens is 2. The van der Waals surface area contributed by atoms with E-state index in [2.05, 4.69) is 54.3 Å². The second-order valence-corrected chi connectivity index (χ2v) is 6.78. The lowest BCUT2D eigenvalue weighted by atomic mass is 10.2. The number of aromatic nitrogens is 1. The van der Waals surface area contributed by atoms with Crippen molar-refractivity contribution in [2.75, 3.05) is 0 Å². The molecule has 1 heterocycles. The van der Waals surface area contributed by atoms with Crippen LogP contribution >= 0.6 is 31.9 Å². The quantitative estimate of drug-likeness (QED) is 0.746. The van der Waals surface area contributed by atoms with Gasteiger partial charge in [-0.3, -0.25) is 4.98 Å². The van der Waals surface area contributed by atoms with Crippen molar-refractivity contribution in [3.05, 3.63) is 56.7 Å². The molecule has 0 atom stereocenters. The van der Waals surface area contributed by atoms with Gasteiger partial charge in [-0.15, -0.1) is 0 Å². The predicted octanol–water partition coefficient (Wildman–Crippen LogP) is 4.68. The molecule has 21 heavy (non-hydrogen) atoms. The fourth-order valence-electron chi connectivity index (χ4n) is 1.96. The molecule has 0 aliphatic rings. The third-order valence-electron chi connectivity index (χ3n) is 2.81. The van der Waals surface area contributed by atoms with Crippen molar-refractivity contribution >= 4 is 31.9 Å². The first-order valence-corrected chi connectivity index (χ1v) is 8.39. The molecule has 1 aromatic carbocycles. The van der Waals surface area contributed by atoms with Crippen LogP contribution in [0, 0.1) is 0 Å². The molecule has 0 radical (unpaired) electrons. The first-order valence-electron chi connectivity index (χ1n) is 6.80. The molecule has 2 rings (SSSR count). The van der Waals surface area contributed by atoms with E-state index in [1.54, 1.807) is 6.20 Å². The Morgan fingerprint density at radius 2 is 2.05 bits per heavy atom. The summed E-state index contributed by atoms with van der Waals surface area (Å²) in [5, 5.41) is 3.42. The fourth-order valence-corrected chi connectivity index (χ4v) is 3.36. The van der Waals surface area contributed by atoms with Gasteiger partial charge in [0.15, 0.2) is 0 Å². The Bertz CT molecular complexity index is 588. The Labute approximate surface area is 142 Å². The number of nitrogens with zero attached hydrogens (tertiary/aromatic N) is 1. The molecule has 0 spiro atoms. The molecule has 1 N–H and O–H groups in total. The lowest BCUT2D eigenvalue weighted by Crippen LogP contribution is -2.15. The second-order valence-electron chi connectivity index (χ2n) is 5.01. The zero-order valence-corrected chi connectivity index (χ0v) is 15.2. The van der Waals surface area contributed by atoms with Crippen molar-refractivity contribution in [1.29, 1.82) is 0 Å². The average Bonchev–Trinajstić information content (AvgIpc) is 2.43. The zero-order chi connectivity index (χ0) is 15.2. The van der Waals surface area contributed by atoms with E-state index in [-0.39, 0.29) is 6.10 Å². The van der Waals surface area contributed by atoms with E-state index in [0.29, 0.717) is 0 Å². The molecule has 1 aromatic heterocycles. The lowest BCUT2D eigenvalue weighted by molar-refractivity contribution is 0.238. The molecule has 0 aliphatic heterocycles. The number of hydrogen-bond acceptors (Lipinski definition) is 3. The molecule has 5 heteroatoms. The highest BCUT2D eigenvalue weighted by molar-refractivity contribution is 9.11. The number of pyridine rings is 1. The van der Waals surface area contributed by atoms with Crippen LogP contribution < -0.4 is 10.1 Å². The summed E-state index contributed by atoms with van der Waals surface area (Å²) in [5.41, 5.74) is 2.28. The summed E-state index contributed by atoms with van der Waals surface area (Å²) in [6.45, 7) is 5.57. The largest absolute Gasteiger partial charge is 0.489 e. The summed E-state index contributed by atoms with van der Waals surface area (Å²) < 4.78 is 7.91. The molecule has 0 amide bonds. The highest BCUT2D eigenvalue weighted by Crippen LogP contribution is 2.33. The molecule has 3 nitrogen and oxygen atoms in total. The van der Waals surface area contributed by atoms with Crippen LogP contribution in [-0.4, -0.2) is 11.1 Å². The van der Waals surface area contributed by atoms with E-state index in [1.165, 1.54) is 0 Å². The molecular weight excluding hydrogens is 396 g/mol. The molecule has 0 bridgehead atoms. The van der Waals surface area contributed by atoms with Crippen molar-refractivity contribution in [3.63, 3.8) is 0 Å². The third kappa shape index (κ3) is 5.09. The Balaban J connectivity index is 2.07. The van der Waals surface area contributed by atoms with Crippen LogP contribution in [0.2, 0.25) is 0 Å². The van der Waals surface area contributed by atoms with E-state index >= 15 is 0 Å². The van der Waals surface area contributed by atoms with Gasteiger partial charge in [0.1, 0.15) is 5.75 Å². The van der Waals surface area contributed by atoms with Gasteiger partial charge < -0.3 is 10.1 Å². The third-order valence-corrected chi connectivity index (χ3v) is 3.85. The van der Waals surface area contributed by atoms with Crippen molar-refractivity contribution < 1.29 is 4.74 Å². The van der Waals surface area contributed by atoms with Gasteiger partial charge in [-0.25, -0.2) is 0 Å². The highest BCUT2D eigenvalue weighted by Gasteiger charge is 2.11. The van der Waals surface area contributed by atoms with Gasteiger partial charge >= 0.3 is 0 Å². The maximum atomic E-state index is 5.91. The summed E-state index contributed by atoms with van der Waals surface area (Å²) in [6.07, 6.45) is 3.79. The fraction of sp³-hybridized carbons (Fsp3) is 0.312. The Morgan fingerprint density at radius 1 is 1.24 bits per heavy atom. The molecule has 2 aromatic rings. The Kier molecular flexibility index (Phi) is 6.21. The topological polar surface area (TPSA) is 34.1 Å². The molecule has 0 unspecified atom stereocenters. The van der Waals surface area contributed by atoms with Crippen molar-refractivity contribution in [2.45, 2.75) is 33.0 Å². The number of ether oxygens (including phenoxy) is 1. The van der Waals surface area contributed by atoms with E-state index in [9.17, 15) is 0 Å². The van der Waals surface area contributed by atoms with Gasteiger partial charge in [-0.2, -0.15) is 0 Å². The van der Waals surface area contributed by atoms with Gasteiger partial charge in [-0.05, 0) is 53.5 Å². The summed E-state index contributed by atoms with van der Waals surface area (Å²) in [6, 6.07) is 8.09.